The predicted molar refractivity (Wildman–Crippen MR) is 136 cm³/mol. The summed E-state index contributed by atoms with van der Waals surface area (Å²) >= 11 is 8.07. The molecule has 3 aromatic rings. The molecule has 0 unspecified atom stereocenters. The molecule has 1 atom stereocenters. The number of fused-ring (bicyclic) bond motifs is 1. The second-order valence-corrected chi connectivity index (χ2v) is 10.9. The Morgan fingerprint density at radius 1 is 1.18 bits per heavy atom. The highest BCUT2D eigenvalue weighted by atomic mass is 35.5. The number of ether oxygens (including phenoxy) is 1. The average Bonchev–Trinajstić information content (AvgIpc) is 3.20. The van der Waals surface area contributed by atoms with Crippen molar-refractivity contribution in [1.29, 1.82) is 0 Å². The van der Waals surface area contributed by atoms with Crippen molar-refractivity contribution in [3.05, 3.63) is 46.2 Å². The molecule has 180 valence electrons. The molecule has 0 amide bonds. The van der Waals surface area contributed by atoms with E-state index in [2.05, 4.69) is 21.8 Å². The normalized spacial score (nSPS) is 19.9. The van der Waals surface area contributed by atoms with Gasteiger partial charge in [-0.15, -0.1) is 0 Å². The first-order valence-corrected chi connectivity index (χ1v) is 13.1. The topological polar surface area (TPSA) is 73.1 Å². The zero-order chi connectivity index (χ0) is 23.7. The summed E-state index contributed by atoms with van der Waals surface area (Å²) in [7, 11) is 1.60. The van der Waals surface area contributed by atoms with E-state index in [1.54, 1.807) is 13.3 Å². The molecule has 1 aliphatic heterocycles. The molecule has 0 radical (unpaired) electrons. The van der Waals surface area contributed by atoms with Crippen LogP contribution in [-0.4, -0.2) is 46.3 Å². The highest BCUT2D eigenvalue weighted by Gasteiger charge is 2.42. The first kappa shape index (κ1) is 23.6. The van der Waals surface area contributed by atoms with E-state index in [0.717, 1.165) is 34.7 Å². The number of benzene rings is 1. The van der Waals surface area contributed by atoms with Gasteiger partial charge < -0.3 is 9.64 Å². The smallest absolute Gasteiger partial charge is 0.262 e. The fourth-order valence-corrected chi connectivity index (χ4v) is 6.61. The monoisotopic (exact) mass is 499 g/mol. The molecule has 2 fully saturated rings. The zero-order valence-electron chi connectivity index (χ0n) is 19.7. The molecular formula is C25H30ClN5O2S. The molecule has 0 bridgehead atoms. The standard InChI is InChI=1S/C25H30ClN5O2S/c1-17-4-3-7-25(17)8-10-30(11-9-25)20-14-28-21(15-27-20)34-19-6-5-18-22(23(19)26)24(32)31(16-29-18)12-13-33-2/h5-6,14-17H,3-4,7-13H2,1-2H3/t17-/m1/s1. The van der Waals surface area contributed by atoms with Gasteiger partial charge in [0.1, 0.15) is 10.8 Å². The van der Waals surface area contributed by atoms with E-state index in [1.165, 1.54) is 54.8 Å². The average molecular weight is 500 g/mol. The molecule has 2 aromatic heterocycles. The Morgan fingerprint density at radius 2 is 2.00 bits per heavy atom. The van der Waals surface area contributed by atoms with Crippen LogP contribution in [0.4, 0.5) is 5.82 Å². The predicted octanol–water partition coefficient (Wildman–Crippen LogP) is 5.04. The Bertz CT molecular complexity index is 1220. The van der Waals surface area contributed by atoms with Crippen LogP contribution in [0.1, 0.15) is 39.0 Å². The van der Waals surface area contributed by atoms with Crippen molar-refractivity contribution < 1.29 is 4.74 Å². The van der Waals surface area contributed by atoms with Crippen molar-refractivity contribution in [1.82, 2.24) is 19.5 Å². The van der Waals surface area contributed by atoms with Crippen molar-refractivity contribution in [2.75, 3.05) is 31.7 Å². The van der Waals surface area contributed by atoms with E-state index >= 15 is 0 Å². The summed E-state index contributed by atoms with van der Waals surface area (Å²) in [5.74, 6) is 1.77. The van der Waals surface area contributed by atoms with Crippen molar-refractivity contribution >= 4 is 40.1 Å². The zero-order valence-corrected chi connectivity index (χ0v) is 21.2. The van der Waals surface area contributed by atoms with Gasteiger partial charge in [-0.2, -0.15) is 0 Å². The highest BCUT2D eigenvalue weighted by molar-refractivity contribution is 7.99. The van der Waals surface area contributed by atoms with Gasteiger partial charge in [0.15, 0.2) is 0 Å². The van der Waals surface area contributed by atoms with Gasteiger partial charge in [0, 0.05) is 25.1 Å². The minimum absolute atomic E-state index is 0.171. The van der Waals surface area contributed by atoms with Crippen LogP contribution in [0.25, 0.3) is 10.9 Å². The number of methoxy groups -OCH3 is 1. The lowest BCUT2D eigenvalue weighted by Crippen LogP contribution is -2.41. The lowest BCUT2D eigenvalue weighted by molar-refractivity contribution is 0.161. The van der Waals surface area contributed by atoms with E-state index < -0.39 is 0 Å². The Balaban J connectivity index is 1.31. The number of hydrogen-bond donors (Lipinski definition) is 0. The van der Waals surface area contributed by atoms with Crippen LogP contribution in [0.3, 0.4) is 0 Å². The number of halogens is 1. The van der Waals surface area contributed by atoms with Gasteiger partial charge in [-0.05, 0) is 42.7 Å². The molecule has 0 N–H and O–H groups in total. The summed E-state index contributed by atoms with van der Waals surface area (Å²) in [5, 5.41) is 1.55. The van der Waals surface area contributed by atoms with Crippen molar-refractivity contribution in [3.63, 3.8) is 0 Å². The number of aromatic nitrogens is 4. The maximum absolute atomic E-state index is 12.9. The van der Waals surface area contributed by atoms with Gasteiger partial charge >= 0.3 is 0 Å². The second kappa shape index (κ2) is 9.84. The van der Waals surface area contributed by atoms with Crippen LogP contribution in [0.15, 0.2) is 45.6 Å². The van der Waals surface area contributed by atoms with Gasteiger partial charge in [-0.1, -0.05) is 43.1 Å². The molecule has 1 saturated heterocycles. The third kappa shape index (κ3) is 4.43. The summed E-state index contributed by atoms with van der Waals surface area (Å²) in [5.41, 5.74) is 0.952. The number of nitrogens with zero attached hydrogens (tertiary/aromatic N) is 5. The van der Waals surface area contributed by atoms with Crippen LogP contribution in [0, 0.1) is 11.3 Å². The van der Waals surface area contributed by atoms with E-state index in [1.807, 2.05) is 18.3 Å². The Kier molecular flexibility index (Phi) is 6.82. The Morgan fingerprint density at radius 3 is 2.68 bits per heavy atom. The summed E-state index contributed by atoms with van der Waals surface area (Å²) in [6.45, 7) is 5.37. The molecule has 7 nitrogen and oxygen atoms in total. The van der Waals surface area contributed by atoms with E-state index in [4.69, 9.17) is 21.3 Å². The van der Waals surface area contributed by atoms with Crippen LogP contribution in [0.5, 0.6) is 0 Å². The summed E-state index contributed by atoms with van der Waals surface area (Å²) in [6, 6.07) is 3.70. The lowest BCUT2D eigenvalue weighted by atomic mass is 9.71. The van der Waals surface area contributed by atoms with Crippen LogP contribution in [-0.2, 0) is 11.3 Å². The molecule has 3 heterocycles. The van der Waals surface area contributed by atoms with Gasteiger partial charge in [0.2, 0.25) is 0 Å². The highest BCUT2D eigenvalue weighted by Crippen LogP contribution is 2.50. The number of rotatable bonds is 6. The van der Waals surface area contributed by atoms with Crippen LogP contribution >= 0.6 is 23.4 Å². The third-order valence-corrected chi connectivity index (χ3v) is 9.19. The van der Waals surface area contributed by atoms with E-state index in [9.17, 15) is 4.79 Å². The first-order chi connectivity index (χ1) is 16.5. The maximum atomic E-state index is 12.9. The van der Waals surface area contributed by atoms with Crippen molar-refractivity contribution in [3.8, 4) is 0 Å². The third-order valence-electron chi connectivity index (χ3n) is 7.70. The van der Waals surface area contributed by atoms with Crippen LogP contribution in [0.2, 0.25) is 5.02 Å². The quantitative estimate of drug-likeness (QED) is 0.470. The molecule has 2 aliphatic rings. The fraction of sp³-hybridized carbons (Fsp3) is 0.520. The van der Waals surface area contributed by atoms with Gasteiger partial charge in [-0.3, -0.25) is 9.36 Å². The number of piperidine rings is 1. The second-order valence-electron chi connectivity index (χ2n) is 9.47. The summed E-state index contributed by atoms with van der Waals surface area (Å²) in [4.78, 5) is 29.8. The van der Waals surface area contributed by atoms with Crippen molar-refractivity contribution in [2.45, 2.75) is 55.5 Å². The molecule has 5 rings (SSSR count). The first-order valence-electron chi connectivity index (χ1n) is 11.9. The largest absolute Gasteiger partial charge is 0.383 e. The molecular weight excluding hydrogens is 470 g/mol. The van der Waals surface area contributed by atoms with E-state index in [-0.39, 0.29) is 5.56 Å². The molecule has 1 saturated carbocycles. The van der Waals surface area contributed by atoms with Gasteiger partial charge in [0.05, 0.1) is 47.8 Å². The molecule has 9 heteroatoms. The summed E-state index contributed by atoms with van der Waals surface area (Å²) < 4.78 is 6.61. The molecule has 1 aromatic carbocycles. The SMILES string of the molecule is COCCn1cnc2ccc(Sc3cnc(N4CCC5(CCC[C@H]5C)CC4)cn3)c(Cl)c2c1=O. The van der Waals surface area contributed by atoms with Gasteiger partial charge in [-0.25, -0.2) is 15.0 Å². The minimum atomic E-state index is -0.171. The van der Waals surface area contributed by atoms with Crippen molar-refractivity contribution in [2.24, 2.45) is 11.3 Å². The van der Waals surface area contributed by atoms with Crippen LogP contribution < -0.4 is 10.5 Å². The lowest BCUT2D eigenvalue weighted by Gasteiger charge is -2.42. The molecule has 1 aliphatic carbocycles. The maximum Gasteiger partial charge on any atom is 0.262 e. The number of hydrogen-bond acceptors (Lipinski definition) is 7. The molecule has 34 heavy (non-hydrogen) atoms. The number of anilines is 1. The minimum Gasteiger partial charge on any atom is -0.383 e. The molecule has 1 spiro atoms. The Labute approximate surface area is 208 Å². The summed E-state index contributed by atoms with van der Waals surface area (Å²) in [6.07, 6.45) is 11.8. The van der Waals surface area contributed by atoms with E-state index in [0.29, 0.717) is 34.5 Å². The van der Waals surface area contributed by atoms with Gasteiger partial charge in [0.25, 0.3) is 5.56 Å². The fourth-order valence-electron chi connectivity index (χ4n) is 5.49. The Hall–Kier alpha value is -2.16.